The van der Waals surface area contributed by atoms with Gasteiger partial charge in [0.2, 0.25) is 0 Å². The smallest absolute Gasteiger partial charge is 0.0116 e. The Kier molecular flexibility index (Phi) is 7.03. The number of allylic oxidation sites excluding steroid dienone is 5. The van der Waals surface area contributed by atoms with Crippen LogP contribution < -0.4 is 0 Å². The summed E-state index contributed by atoms with van der Waals surface area (Å²) in [4.78, 5) is 0. The molecule has 1 rings (SSSR count). The van der Waals surface area contributed by atoms with Crippen molar-refractivity contribution in [3.05, 3.63) is 35.5 Å². The summed E-state index contributed by atoms with van der Waals surface area (Å²) in [5, 5.41) is 0. The lowest BCUT2D eigenvalue weighted by atomic mass is 9.68. The van der Waals surface area contributed by atoms with Crippen molar-refractivity contribution in [2.24, 2.45) is 23.7 Å². The van der Waals surface area contributed by atoms with Crippen molar-refractivity contribution < 1.29 is 0 Å². The van der Waals surface area contributed by atoms with E-state index in [0.717, 1.165) is 30.1 Å². The highest BCUT2D eigenvalue weighted by Gasteiger charge is 2.31. The maximum Gasteiger partial charge on any atom is -0.0116 e. The molecule has 3 atom stereocenters. The number of hydrogen-bond donors (Lipinski definition) is 0. The van der Waals surface area contributed by atoms with Gasteiger partial charge >= 0.3 is 0 Å². The number of rotatable bonds is 5. The van der Waals surface area contributed by atoms with Crippen LogP contribution in [-0.2, 0) is 0 Å². The quantitative estimate of drug-likeness (QED) is 0.418. The van der Waals surface area contributed by atoms with Crippen molar-refractivity contribution in [2.45, 2.75) is 60.3 Å². The molecule has 1 aliphatic rings. The molecular formula is C21H32. The molecule has 0 aromatic carbocycles. The molecule has 0 N–H and O–H groups in total. The van der Waals surface area contributed by atoms with E-state index in [0.29, 0.717) is 0 Å². The minimum absolute atomic E-state index is 0.770. The van der Waals surface area contributed by atoms with Gasteiger partial charge in [-0.3, -0.25) is 0 Å². The van der Waals surface area contributed by atoms with Crippen LogP contribution in [-0.4, -0.2) is 0 Å². The molecule has 0 aliphatic heterocycles. The number of hydrogen-bond acceptors (Lipinski definition) is 0. The second kappa shape index (κ2) is 8.28. The van der Waals surface area contributed by atoms with Gasteiger partial charge in [-0.05, 0) is 80.1 Å². The average Bonchev–Trinajstić information content (AvgIpc) is 2.38. The van der Waals surface area contributed by atoms with Crippen LogP contribution in [0.4, 0.5) is 0 Å². The van der Waals surface area contributed by atoms with Crippen molar-refractivity contribution in [3.8, 4) is 12.3 Å². The summed E-state index contributed by atoms with van der Waals surface area (Å²) in [6, 6.07) is 0. The molecule has 1 aliphatic carbocycles. The first-order valence-electron chi connectivity index (χ1n) is 8.35. The molecule has 0 aromatic heterocycles. The highest BCUT2D eigenvalue weighted by atomic mass is 14.4. The fourth-order valence-electron chi connectivity index (χ4n) is 3.83. The van der Waals surface area contributed by atoms with Crippen LogP contribution in [0.5, 0.6) is 0 Å². The van der Waals surface area contributed by atoms with Crippen LogP contribution >= 0.6 is 0 Å². The van der Waals surface area contributed by atoms with Gasteiger partial charge in [0.25, 0.3) is 0 Å². The van der Waals surface area contributed by atoms with Crippen molar-refractivity contribution >= 4 is 0 Å². The van der Waals surface area contributed by atoms with Crippen LogP contribution in [0.2, 0.25) is 0 Å². The molecule has 0 spiro atoms. The van der Waals surface area contributed by atoms with E-state index in [4.69, 9.17) is 6.42 Å². The Bertz CT molecular complexity index is 449. The molecule has 21 heavy (non-hydrogen) atoms. The van der Waals surface area contributed by atoms with Crippen molar-refractivity contribution in [1.29, 1.82) is 0 Å². The second-order valence-corrected chi connectivity index (χ2v) is 7.31. The maximum atomic E-state index is 5.35. The third-order valence-corrected chi connectivity index (χ3v) is 4.93. The van der Waals surface area contributed by atoms with Gasteiger partial charge in [-0.15, -0.1) is 6.42 Å². The van der Waals surface area contributed by atoms with Gasteiger partial charge in [0, 0.05) is 0 Å². The third kappa shape index (κ3) is 5.24. The van der Waals surface area contributed by atoms with Gasteiger partial charge in [0.15, 0.2) is 0 Å². The number of terminal acetylenes is 1. The zero-order chi connectivity index (χ0) is 16.0. The summed E-state index contributed by atoms with van der Waals surface area (Å²) in [6.45, 7) is 15.8. The molecule has 116 valence electrons. The highest BCUT2D eigenvalue weighted by Crippen LogP contribution is 2.41. The predicted molar refractivity (Wildman–Crippen MR) is 94.9 cm³/mol. The fourth-order valence-corrected chi connectivity index (χ4v) is 3.83. The Morgan fingerprint density at radius 3 is 2.52 bits per heavy atom. The largest absolute Gasteiger partial charge is 0.115 e. The van der Waals surface area contributed by atoms with E-state index in [1.54, 1.807) is 6.08 Å². The first kappa shape index (κ1) is 17.8. The topological polar surface area (TPSA) is 0 Å². The van der Waals surface area contributed by atoms with Crippen LogP contribution in [0, 0.1) is 36.0 Å². The molecular weight excluding hydrogens is 252 g/mol. The van der Waals surface area contributed by atoms with Gasteiger partial charge in [0.05, 0.1) is 0 Å². The second-order valence-electron chi connectivity index (χ2n) is 7.31. The predicted octanol–water partition coefficient (Wildman–Crippen LogP) is 6.17. The van der Waals surface area contributed by atoms with Gasteiger partial charge in [0.1, 0.15) is 0 Å². The van der Waals surface area contributed by atoms with Gasteiger partial charge < -0.3 is 0 Å². The Hall–Kier alpha value is -1.22. The van der Waals surface area contributed by atoms with Crippen molar-refractivity contribution in [3.63, 3.8) is 0 Å². The Morgan fingerprint density at radius 2 is 2.00 bits per heavy atom. The molecule has 0 heterocycles. The summed E-state index contributed by atoms with van der Waals surface area (Å²) < 4.78 is 0. The minimum atomic E-state index is 0.770. The Morgan fingerprint density at radius 1 is 1.33 bits per heavy atom. The molecule has 0 heteroatoms. The van der Waals surface area contributed by atoms with E-state index in [9.17, 15) is 0 Å². The molecule has 0 amide bonds. The van der Waals surface area contributed by atoms with Gasteiger partial charge in [-0.1, -0.05) is 45.3 Å². The van der Waals surface area contributed by atoms with E-state index >= 15 is 0 Å². The van der Waals surface area contributed by atoms with Crippen LogP contribution in [0.25, 0.3) is 0 Å². The zero-order valence-corrected chi connectivity index (χ0v) is 14.6. The lowest BCUT2D eigenvalue weighted by molar-refractivity contribution is 0.144. The molecule has 1 fully saturated rings. The molecule has 3 unspecified atom stereocenters. The van der Waals surface area contributed by atoms with E-state index in [2.05, 4.69) is 47.1 Å². The van der Waals surface area contributed by atoms with Crippen molar-refractivity contribution in [1.82, 2.24) is 0 Å². The first-order valence-corrected chi connectivity index (χ1v) is 8.35. The monoisotopic (exact) mass is 284 g/mol. The fraction of sp³-hybridized carbons (Fsp3) is 0.619. The summed E-state index contributed by atoms with van der Waals surface area (Å²) >= 11 is 0. The van der Waals surface area contributed by atoms with E-state index < -0.39 is 0 Å². The summed E-state index contributed by atoms with van der Waals surface area (Å²) in [7, 11) is 0. The maximum absolute atomic E-state index is 5.35. The van der Waals surface area contributed by atoms with Crippen LogP contribution in [0.15, 0.2) is 35.5 Å². The van der Waals surface area contributed by atoms with Gasteiger partial charge in [-0.25, -0.2) is 0 Å². The summed E-state index contributed by atoms with van der Waals surface area (Å²) in [5.74, 6) is 5.83. The first-order chi connectivity index (χ1) is 9.86. The molecule has 0 nitrogen and oxygen atoms in total. The Balaban J connectivity index is 2.85. The summed E-state index contributed by atoms with van der Waals surface area (Å²) in [6.07, 6.45) is 14.4. The van der Waals surface area contributed by atoms with Crippen LogP contribution in [0.1, 0.15) is 60.3 Å². The standard InChI is InChI=1S/C21H32/c1-8-9-10-20(15(2)3)18(7)14-19-13-17(6)11-12-21(19)16(4)5/h1,9-10,16-17,19,21H,7,11-14H2,2-6H3/b10-9-. The molecule has 1 saturated carbocycles. The average molecular weight is 284 g/mol. The van der Waals surface area contributed by atoms with Crippen molar-refractivity contribution in [2.75, 3.05) is 0 Å². The normalized spacial score (nSPS) is 25.9. The lowest BCUT2D eigenvalue weighted by Crippen LogP contribution is -2.28. The molecule has 0 bridgehead atoms. The third-order valence-electron chi connectivity index (χ3n) is 4.93. The SMILES string of the molecule is C#C/C=C\C(C(=C)CC1CC(C)CCC1C(C)C)=C(C)C. The van der Waals surface area contributed by atoms with Gasteiger partial charge in [-0.2, -0.15) is 0 Å². The summed E-state index contributed by atoms with van der Waals surface area (Å²) in [5.41, 5.74) is 3.80. The van der Waals surface area contributed by atoms with E-state index in [-0.39, 0.29) is 0 Å². The molecule has 0 aromatic rings. The van der Waals surface area contributed by atoms with Crippen LogP contribution in [0.3, 0.4) is 0 Å². The van der Waals surface area contributed by atoms with E-state index in [1.165, 1.54) is 36.0 Å². The molecule has 0 radical (unpaired) electrons. The highest BCUT2D eigenvalue weighted by molar-refractivity contribution is 5.42. The molecule has 0 saturated heterocycles. The zero-order valence-electron chi connectivity index (χ0n) is 14.6. The minimum Gasteiger partial charge on any atom is -0.115 e. The van der Waals surface area contributed by atoms with E-state index in [1.807, 2.05) is 6.08 Å². The lowest BCUT2D eigenvalue weighted by Gasteiger charge is -2.38. The Labute approximate surface area is 132 Å².